The fraction of sp³-hybridized carbons (Fsp3) is 0.684. The number of ether oxygens (including phenoxy) is 2. The van der Waals surface area contributed by atoms with Crippen LogP contribution < -0.4 is 0 Å². The van der Waals surface area contributed by atoms with E-state index in [1.807, 2.05) is 0 Å². The van der Waals surface area contributed by atoms with E-state index < -0.39 is 30.4 Å². The van der Waals surface area contributed by atoms with Crippen LogP contribution in [-0.2, 0) is 28.7 Å². The van der Waals surface area contributed by atoms with Gasteiger partial charge in [-0.15, -0.1) is 0 Å². The minimum Gasteiger partial charge on any atom is -0.512 e. The van der Waals surface area contributed by atoms with Crippen LogP contribution in [0.4, 0.5) is 0 Å². The summed E-state index contributed by atoms with van der Waals surface area (Å²) < 4.78 is 9.73. The Labute approximate surface area is 181 Å². The molecule has 0 saturated heterocycles. The number of carbonyl (C=O) groups is 4. The maximum atomic E-state index is 11.7. The minimum absolute atomic E-state index is 0.00766. The number of aliphatic hydroxyl groups excluding tert-OH is 1. The zero-order valence-corrected chi connectivity index (χ0v) is 18.1. The van der Waals surface area contributed by atoms with Gasteiger partial charge in [0.1, 0.15) is 0 Å². The summed E-state index contributed by atoms with van der Waals surface area (Å²) >= 11 is 0. The predicted molar refractivity (Wildman–Crippen MR) is 110 cm³/mol. The number of carboxylic acids is 2. The molecule has 0 aliphatic heterocycles. The molecule has 0 rings (SSSR count). The predicted octanol–water partition coefficient (Wildman–Crippen LogP) is -0.740. The van der Waals surface area contributed by atoms with Crippen LogP contribution in [0, 0.1) is 0 Å². The second-order valence-corrected chi connectivity index (χ2v) is 6.66. The summed E-state index contributed by atoms with van der Waals surface area (Å²) in [5.74, 6) is -3.43. The number of hydrogen-bond donors (Lipinski definition) is 3. The van der Waals surface area contributed by atoms with Crippen LogP contribution in [-0.4, -0.2) is 126 Å². The van der Waals surface area contributed by atoms with E-state index in [2.05, 4.69) is 6.58 Å². The number of hydrogen-bond acceptors (Lipinski definition) is 10. The first-order chi connectivity index (χ1) is 14.6. The highest BCUT2D eigenvalue weighted by Crippen LogP contribution is 2.00. The van der Waals surface area contributed by atoms with Gasteiger partial charge in [0, 0.05) is 26.2 Å². The largest absolute Gasteiger partial charge is 0.512 e. The lowest BCUT2D eigenvalue weighted by Crippen LogP contribution is -2.45. The number of aliphatic hydroxyl groups is 1. The minimum atomic E-state index is -1.13. The fourth-order valence-corrected chi connectivity index (χ4v) is 2.68. The highest BCUT2D eigenvalue weighted by Gasteiger charge is 2.19. The molecular weight excluding hydrogens is 414 g/mol. The molecule has 0 aliphatic carbocycles. The van der Waals surface area contributed by atoms with E-state index in [0.717, 1.165) is 0 Å². The van der Waals surface area contributed by atoms with Crippen LogP contribution in [0.3, 0.4) is 0 Å². The number of rotatable bonds is 18. The molecule has 0 aromatic rings. The lowest BCUT2D eigenvalue weighted by Gasteiger charge is -2.28. The van der Waals surface area contributed by atoms with Crippen molar-refractivity contribution in [2.75, 3.05) is 72.1 Å². The fourth-order valence-electron chi connectivity index (χ4n) is 2.68. The molecular formula is C19H33N3O9. The summed E-state index contributed by atoms with van der Waals surface area (Å²) in [6.45, 7) is 6.71. The van der Waals surface area contributed by atoms with Crippen molar-refractivity contribution in [3.63, 3.8) is 0 Å². The second-order valence-electron chi connectivity index (χ2n) is 6.66. The van der Waals surface area contributed by atoms with Crippen molar-refractivity contribution < 1.29 is 44.0 Å². The number of esters is 2. The van der Waals surface area contributed by atoms with Crippen LogP contribution in [0.1, 0.15) is 13.8 Å². The van der Waals surface area contributed by atoms with Gasteiger partial charge in [0.2, 0.25) is 0 Å². The Morgan fingerprint density at radius 1 is 0.645 bits per heavy atom. The summed E-state index contributed by atoms with van der Waals surface area (Å²) in [5.41, 5.74) is 0. The molecule has 0 bridgehead atoms. The quantitative estimate of drug-likeness (QED) is 0.179. The zero-order valence-electron chi connectivity index (χ0n) is 18.1. The second kappa shape index (κ2) is 16.1. The molecule has 0 heterocycles. The van der Waals surface area contributed by atoms with Gasteiger partial charge in [0.25, 0.3) is 0 Å². The summed E-state index contributed by atoms with van der Waals surface area (Å²) in [6.07, 6.45) is 0. The molecule has 0 spiro atoms. The zero-order chi connectivity index (χ0) is 23.8. The lowest BCUT2D eigenvalue weighted by molar-refractivity contribution is -0.146. The van der Waals surface area contributed by atoms with E-state index in [4.69, 9.17) is 14.6 Å². The van der Waals surface area contributed by atoms with Gasteiger partial charge in [0.15, 0.2) is 0 Å². The molecule has 0 aromatic heterocycles. The summed E-state index contributed by atoms with van der Waals surface area (Å²) in [6, 6.07) is 0. The van der Waals surface area contributed by atoms with Crippen LogP contribution in [0.2, 0.25) is 0 Å². The first kappa shape index (κ1) is 28.3. The van der Waals surface area contributed by atoms with Crippen molar-refractivity contribution in [2.45, 2.75) is 13.8 Å². The average Bonchev–Trinajstić information content (AvgIpc) is 2.62. The lowest BCUT2D eigenvalue weighted by atomic mass is 10.3. The third-order valence-electron chi connectivity index (χ3n) is 3.90. The van der Waals surface area contributed by atoms with Crippen molar-refractivity contribution >= 4 is 23.9 Å². The topological polar surface area (TPSA) is 157 Å². The number of carboxylic acid groups (broad SMARTS) is 2. The van der Waals surface area contributed by atoms with Crippen molar-refractivity contribution in [1.82, 2.24) is 14.7 Å². The molecule has 178 valence electrons. The molecule has 0 fully saturated rings. The van der Waals surface area contributed by atoms with Crippen LogP contribution in [0.15, 0.2) is 12.3 Å². The Balaban J connectivity index is 5.00. The van der Waals surface area contributed by atoms with Gasteiger partial charge in [-0.1, -0.05) is 6.58 Å². The molecule has 0 saturated carbocycles. The standard InChI is InChI=1S/C19H33N3O9/c1-4-30-18(28)13-21(10-15(3)23)8-6-20(11-16(24)25)7-9-22(12-17(26)27)14-19(29)31-5-2/h23H,3-14H2,1-2H3,(H,24,25)(H,26,27). The van der Waals surface area contributed by atoms with Gasteiger partial charge in [-0.25, -0.2) is 0 Å². The van der Waals surface area contributed by atoms with Crippen LogP contribution >= 0.6 is 0 Å². The molecule has 31 heavy (non-hydrogen) atoms. The molecule has 0 aliphatic rings. The van der Waals surface area contributed by atoms with Gasteiger partial charge in [0.05, 0.1) is 51.7 Å². The smallest absolute Gasteiger partial charge is 0.320 e. The van der Waals surface area contributed by atoms with E-state index in [0.29, 0.717) is 0 Å². The van der Waals surface area contributed by atoms with E-state index in [1.165, 1.54) is 4.90 Å². The van der Waals surface area contributed by atoms with Crippen molar-refractivity contribution in [2.24, 2.45) is 0 Å². The monoisotopic (exact) mass is 447 g/mol. The first-order valence-corrected chi connectivity index (χ1v) is 9.85. The number of nitrogens with zero attached hydrogens (tertiary/aromatic N) is 3. The molecule has 0 amide bonds. The van der Waals surface area contributed by atoms with Crippen LogP contribution in [0.5, 0.6) is 0 Å². The highest BCUT2D eigenvalue weighted by atomic mass is 16.5. The average molecular weight is 447 g/mol. The Bertz CT molecular complexity index is 568. The maximum absolute atomic E-state index is 11.7. The number of aliphatic carboxylic acids is 2. The van der Waals surface area contributed by atoms with E-state index in [-0.39, 0.29) is 71.3 Å². The van der Waals surface area contributed by atoms with Gasteiger partial charge in [-0.05, 0) is 13.8 Å². The van der Waals surface area contributed by atoms with Gasteiger partial charge in [-0.2, -0.15) is 0 Å². The first-order valence-electron chi connectivity index (χ1n) is 9.85. The van der Waals surface area contributed by atoms with E-state index >= 15 is 0 Å². The Kier molecular flexibility index (Phi) is 14.7. The SMILES string of the molecule is C=C(O)CN(CCN(CCN(CC(=O)O)CC(=O)OCC)CC(=O)O)CC(=O)OCC. The summed E-state index contributed by atoms with van der Waals surface area (Å²) in [4.78, 5) is 50.2. The Morgan fingerprint density at radius 3 is 1.35 bits per heavy atom. The third-order valence-corrected chi connectivity index (χ3v) is 3.90. The van der Waals surface area contributed by atoms with E-state index in [9.17, 15) is 29.4 Å². The van der Waals surface area contributed by atoms with Crippen molar-refractivity contribution in [3.8, 4) is 0 Å². The van der Waals surface area contributed by atoms with Crippen molar-refractivity contribution in [3.05, 3.63) is 12.3 Å². The van der Waals surface area contributed by atoms with Gasteiger partial charge < -0.3 is 24.8 Å². The van der Waals surface area contributed by atoms with Crippen molar-refractivity contribution in [1.29, 1.82) is 0 Å². The summed E-state index contributed by atoms with van der Waals surface area (Å²) in [5, 5.41) is 27.7. The maximum Gasteiger partial charge on any atom is 0.320 e. The number of carbonyl (C=O) groups excluding carboxylic acids is 2. The normalized spacial score (nSPS) is 11.0. The molecule has 12 nitrogen and oxygen atoms in total. The van der Waals surface area contributed by atoms with Crippen LogP contribution in [0.25, 0.3) is 0 Å². The molecule has 0 aromatic carbocycles. The molecule has 0 unspecified atom stereocenters. The third kappa shape index (κ3) is 15.8. The molecule has 0 atom stereocenters. The van der Waals surface area contributed by atoms with Gasteiger partial charge >= 0.3 is 23.9 Å². The molecule has 12 heteroatoms. The van der Waals surface area contributed by atoms with Gasteiger partial charge in [-0.3, -0.25) is 33.9 Å². The Morgan fingerprint density at radius 2 is 1.00 bits per heavy atom. The Hall–Kier alpha value is -2.70. The van der Waals surface area contributed by atoms with E-state index in [1.54, 1.807) is 23.6 Å². The summed E-state index contributed by atoms with van der Waals surface area (Å²) in [7, 11) is 0. The highest BCUT2D eigenvalue weighted by molar-refractivity contribution is 5.74. The molecule has 0 radical (unpaired) electrons. The molecule has 3 N–H and O–H groups in total.